The SMILES string of the molecule is CC(=O)N1CCCCCCCN(C(=O)COc2ccc3c(c2)OCCO3)Cc2ccc(CO)cc21. The summed E-state index contributed by atoms with van der Waals surface area (Å²) in [5.74, 6) is 1.67. The van der Waals surface area contributed by atoms with Crippen molar-refractivity contribution < 1.29 is 28.9 Å². The second kappa shape index (κ2) is 11.9. The Labute approximate surface area is 206 Å². The van der Waals surface area contributed by atoms with Gasteiger partial charge in [-0.05, 0) is 42.2 Å². The van der Waals surface area contributed by atoms with Gasteiger partial charge in [0, 0.05) is 38.3 Å². The van der Waals surface area contributed by atoms with E-state index in [1.807, 2.05) is 18.2 Å². The molecule has 8 heteroatoms. The molecular weight excluding hydrogens is 448 g/mol. The average molecular weight is 483 g/mol. The molecule has 35 heavy (non-hydrogen) atoms. The van der Waals surface area contributed by atoms with Crippen LogP contribution in [0.3, 0.4) is 0 Å². The third-order valence-corrected chi connectivity index (χ3v) is 6.40. The highest BCUT2D eigenvalue weighted by molar-refractivity contribution is 5.92. The van der Waals surface area contributed by atoms with E-state index in [1.54, 1.807) is 34.9 Å². The van der Waals surface area contributed by atoms with Crippen LogP contribution in [0.2, 0.25) is 0 Å². The van der Waals surface area contributed by atoms with Crippen LogP contribution in [-0.2, 0) is 22.7 Å². The van der Waals surface area contributed by atoms with Crippen molar-refractivity contribution in [3.63, 3.8) is 0 Å². The zero-order valence-corrected chi connectivity index (χ0v) is 20.3. The van der Waals surface area contributed by atoms with Crippen molar-refractivity contribution in [3.05, 3.63) is 47.5 Å². The van der Waals surface area contributed by atoms with Gasteiger partial charge in [-0.1, -0.05) is 31.4 Å². The Morgan fingerprint density at radius 3 is 2.46 bits per heavy atom. The number of aliphatic hydroxyl groups excluding tert-OH is 1. The predicted molar refractivity (Wildman–Crippen MR) is 132 cm³/mol. The summed E-state index contributed by atoms with van der Waals surface area (Å²) in [4.78, 5) is 29.3. The number of benzene rings is 2. The quantitative estimate of drug-likeness (QED) is 0.715. The topological polar surface area (TPSA) is 88.5 Å². The van der Waals surface area contributed by atoms with Crippen molar-refractivity contribution in [2.45, 2.75) is 52.2 Å². The van der Waals surface area contributed by atoms with Gasteiger partial charge in [-0.3, -0.25) is 9.59 Å². The summed E-state index contributed by atoms with van der Waals surface area (Å²) in [6, 6.07) is 10.9. The lowest BCUT2D eigenvalue weighted by atomic mass is 10.0. The number of carbonyl (C=O) groups is 2. The van der Waals surface area contributed by atoms with Gasteiger partial charge in [0.05, 0.1) is 6.61 Å². The highest BCUT2D eigenvalue weighted by Gasteiger charge is 2.22. The molecule has 2 aliphatic heterocycles. The fraction of sp³-hybridized carbons (Fsp3) is 0.481. The van der Waals surface area contributed by atoms with Crippen molar-refractivity contribution in [3.8, 4) is 17.2 Å². The Hall–Kier alpha value is -3.26. The first kappa shape index (κ1) is 24.9. The van der Waals surface area contributed by atoms with Crippen LogP contribution in [0.25, 0.3) is 0 Å². The minimum absolute atomic E-state index is 0.0433. The molecule has 2 heterocycles. The zero-order valence-electron chi connectivity index (χ0n) is 20.3. The Kier molecular flexibility index (Phi) is 8.47. The van der Waals surface area contributed by atoms with Crippen molar-refractivity contribution in [1.29, 1.82) is 0 Å². The molecule has 1 N–H and O–H groups in total. The Bertz CT molecular complexity index is 1040. The molecule has 2 amide bonds. The van der Waals surface area contributed by atoms with Gasteiger partial charge >= 0.3 is 0 Å². The smallest absolute Gasteiger partial charge is 0.260 e. The van der Waals surface area contributed by atoms with Crippen LogP contribution in [0, 0.1) is 0 Å². The van der Waals surface area contributed by atoms with Gasteiger partial charge in [-0.15, -0.1) is 0 Å². The first-order valence-corrected chi connectivity index (χ1v) is 12.4. The summed E-state index contributed by atoms with van der Waals surface area (Å²) < 4.78 is 17.0. The average Bonchev–Trinajstić information content (AvgIpc) is 2.87. The number of aliphatic hydroxyl groups is 1. The number of hydrogen-bond acceptors (Lipinski definition) is 6. The number of fused-ring (bicyclic) bond motifs is 2. The van der Waals surface area contributed by atoms with Crippen molar-refractivity contribution >= 4 is 17.5 Å². The number of nitrogens with zero attached hydrogens (tertiary/aromatic N) is 2. The minimum atomic E-state index is -0.122. The number of anilines is 1. The van der Waals surface area contributed by atoms with E-state index in [-0.39, 0.29) is 25.0 Å². The summed E-state index contributed by atoms with van der Waals surface area (Å²) in [6.45, 7) is 3.97. The molecule has 0 atom stereocenters. The van der Waals surface area contributed by atoms with E-state index < -0.39 is 0 Å². The largest absolute Gasteiger partial charge is 0.486 e. The number of amides is 2. The highest BCUT2D eigenvalue weighted by atomic mass is 16.6. The van der Waals surface area contributed by atoms with Gasteiger partial charge in [-0.25, -0.2) is 0 Å². The second-order valence-electron chi connectivity index (χ2n) is 8.97. The first-order valence-electron chi connectivity index (χ1n) is 12.4. The maximum atomic E-state index is 13.2. The summed E-state index contributed by atoms with van der Waals surface area (Å²) in [7, 11) is 0. The van der Waals surface area contributed by atoms with E-state index >= 15 is 0 Å². The van der Waals surface area contributed by atoms with Crippen LogP contribution in [0.5, 0.6) is 17.2 Å². The Morgan fingerprint density at radius 2 is 1.69 bits per heavy atom. The fourth-order valence-electron chi connectivity index (χ4n) is 4.49. The van der Waals surface area contributed by atoms with Crippen LogP contribution in [0.1, 0.15) is 50.2 Å². The molecule has 0 saturated carbocycles. The minimum Gasteiger partial charge on any atom is -0.486 e. The van der Waals surface area contributed by atoms with E-state index in [0.717, 1.165) is 48.9 Å². The summed E-state index contributed by atoms with van der Waals surface area (Å²) in [5.41, 5.74) is 2.38. The molecule has 2 aliphatic rings. The molecular formula is C27H34N2O6. The zero-order chi connectivity index (χ0) is 24.6. The molecule has 0 unspecified atom stereocenters. The molecule has 2 aromatic carbocycles. The van der Waals surface area contributed by atoms with E-state index in [9.17, 15) is 14.7 Å². The standard InChI is InChI=1S/C27H34N2O6/c1-20(31)29-12-6-4-2-3-5-11-28(17-22-8-7-21(18-30)15-24(22)29)27(32)19-35-23-9-10-25-26(16-23)34-14-13-33-25/h7-10,15-16,30H,2-6,11-14,17-19H2,1H3. The maximum Gasteiger partial charge on any atom is 0.260 e. The summed E-state index contributed by atoms with van der Waals surface area (Å²) in [5, 5.41) is 9.66. The third-order valence-electron chi connectivity index (χ3n) is 6.40. The molecule has 4 rings (SSSR count). The monoisotopic (exact) mass is 482 g/mol. The van der Waals surface area contributed by atoms with Crippen LogP contribution in [0.15, 0.2) is 36.4 Å². The molecule has 0 aromatic heterocycles. The second-order valence-corrected chi connectivity index (χ2v) is 8.97. The molecule has 188 valence electrons. The van der Waals surface area contributed by atoms with Gasteiger partial charge < -0.3 is 29.1 Å². The highest BCUT2D eigenvalue weighted by Crippen LogP contribution is 2.33. The van der Waals surface area contributed by atoms with Crippen LogP contribution in [0.4, 0.5) is 5.69 Å². The number of rotatable bonds is 4. The molecule has 0 saturated heterocycles. The number of ether oxygens (including phenoxy) is 3. The first-order chi connectivity index (χ1) is 17.0. The Morgan fingerprint density at radius 1 is 0.943 bits per heavy atom. The number of carbonyl (C=O) groups excluding carboxylic acids is 2. The van der Waals surface area contributed by atoms with E-state index in [4.69, 9.17) is 14.2 Å². The van der Waals surface area contributed by atoms with Crippen LogP contribution >= 0.6 is 0 Å². The molecule has 0 spiro atoms. The Balaban J connectivity index is 1.52. The summed E-state index contributed by atoms with van der Waals surface area (Å²) >= 11 is 0. The van der Waals surface area contributed by atoms with E-state index in [2.05, 4.69) is 0 Å². The normalized spacial score (nSPS) is 16.5. The fourth-order valence-corrected chi connectivity index (χ4v) is 4.49. The maximum absolute atomic E-state index is 13.2. The van der Waals surface area contributed by atoms with Crippen molar-refractivity contribution in [2.75, 3.05) is 37.8 Å². The lowest BCUT2D eigenvalue weighted by molar-refractivity contribution is -0.134. The molecule has 0 fully saturated rings. The molecule has 2 aromatic rings. The van der Waals surface area contributed by atoms with Gasteiger partial charge in [0.2, 0.25) is 5.91 Å². The third kappa shape index (κ3) is 6.45. The van der Waals surface area contributed by atoms with E-state index in [1.165, 1.54) is 0 Å². The lowest BCUT2D eigenvalue weighted by Gasteiger charge is -2.29. The van der Waals surface area contributed by atoms with Gasteiger partial charge in [-0.2, -0.15) is 0 Å². The molecule has 0 bridgehead atoms. The lowest BCUT2D eigenvalue weighted by Crippen LogP contribution is -2.37. The van der Waals surface area contributed by atoms with Crippen molar-refractivity contribution in [1.82, 2.24) is 4.90 Å². The van der Waals surface area contributed by atoms with Crippen LogP contribution < -0.4 is 19.1 Å². The predicted octanol–water partition coefficient (Wildman–Crippen LogP) is 3.67. The molecule has 0 radical (unpaired) electrons. The molecule has 8 nitrogen and oxygen atoms in total. The summed E-state index contributed by atoms with van der Waals surface area (Å²) in [6.07, 6.45) is 4.96. The molecule has 0 aliphatic carbocycles. The van der Waals surface area contributed by atoms with Gasteiger partial charge in [0.1, 0.15) is 19.0 Å². The van der Waals surface area contributed by atoms with Gasteiger partial charge in [0.25, 0.3) is 5.91 Å². The number of hydrogen-bond donors (Lipinski definition) is 1. The van der Waals surface area contributed by atoms with Gasteiger partial charge in [0.15, 0.2) is 18.1 Å². The van der Waals surface area contributed by atoms with Crippen LogP contribution in [-0.4, -0.2) is 54.7 Å². The van der Waals surface area contributed by atoms with E-state index in [0.29, 0.717) is 50.1 Å². The van der Waals surface area contributed by atoms with Crippen molar-refractivity contribution in [2.24, 2.45) is 0 Å².